The van der Waals surface area contributed by atoms with Gasteiger partial charge >= 0.3 is 6.03 Å². The molecule has 1 aliphatic heterocycles. The zero-order valence-corrected chi connectivity index (χ0v) is 13.9. The molecule has 4 nitrogen and oxygen atoms in total. The lowest BCUT2D eigenvalue weighted by Gasteiger charge is -2.34. The topological polar surface area (TPSA) is 35.6 Å². The Morgan fingerprint density at radius 1 is 1.32 bits per heavy atom. The predicted molar refractivity (Wildman–Crippen MR) is 92.5 cm³/mol. The van der Waals surface area contributed by atoms with E-state index in [1.54, 1.807) is 0 Å². The Bertz CT molecular complexity index is 531. The highest BCUT2D eigenvalue weighted by atomic mass is 16.2. The van der Waals surface area contributed by atoms with Gasteiger partial charge in [0.1, 0.15) is 0 Å². The van der Waals surface area contributed by atoms with Crippen LogP contribution in [0.4, 0.5) is 10.5 Å². The molecule has 0 radical (unpaired) electrons. The van der Waals surface area contributed by atoms with Crippen LogP contribution in [0.1, 0.15) is 30.9 Å². The lowest BCUT2D eigenvalue weighted by Crippen LogP contribution is -2.50. The van der Waals surface area contributed by atoms with Gasteiger partial charge in [0.25, 0.3) is 0 Å². The van der Waals surface area contributed by atoms with E-state index in [0.29, 0.717) is 5.92 Å². The van der Waals surface area contributed by atoms with Gasteiger partial charge in [-0.1, -0.05) is 38.1 Å². The monoisotopic (exact) mass is 301 g/mol. The lowest BCUT2D eigenvalue weighted by atomic mass is 9.98. The van der Waals surface area contributed by atoms with Crippen molar-refractivity contribution < 1.29 is 4.79 Å². The molecule has 0 saturated carbocycles. The van der Waals surface area contributed by atoms with Crippen molar-refractivity contribution in [3.05, 3.63) is 42.0 Å². The maximum atomic E-state index is 12.5. The fourth-order valence-electron chi connectivity index (χ4n) is 2.84. The minimum atomic E-state index is 0.00875. The molecule has 120 valence electrons. The number of anilines is 1. The number of hydrogen-bond acceptors (Lipinski definition) is 2. The second-order valence-corrected chi connectivity index (χ2v) is 6.20. The predicted octanol–water partition coefficient (Wildman–Crippen LogP) is 3.45. The smallest absolute Gasteiger partial charge is 0.321 e. The Labute approximate surface area is 133 Å². The van der Waals surface area contributed by atoms with Crippen LogP contribution in [0.3, 0.4) is 0 Å². The van der Waals surface area contributed by atoms with Crippen LogP contribution in [-0.2, 0) is 0 Å². The average molecular weight is 301 g/mol. The summed E-state index contributed by atoms with van der Waals surface area (Å²) in [5.74, 6) is 0.389. The highest BCUT2D eigenvalue weighted by molar-refractivity contribution is 5.91. The van der Waals surface area contributed by atoms with Crippen LogP contribution in [0.2, 0.25) is 0 Å². The van der Waals surface area contributed by atoms with Crippen molar-refractivity contribution in [2.75, 3.05) is 38.0 Å². The summed E-state index contributed by atoms with van der Waals surface area (Å²) in [4.78, 5) is 16.7. The first-order chi connectivity index (χ1) is 10.5. The van der Waals surface area contributed by atoms with E-state index in [-0.39, 0.29) is 6.03 Å². The molecule has 1 aromatic carbocycles. The first kappa shape index (κ1) is 16.6. The van der Waals surface area contributed by atoms with Crippen molar-refractivity contribution in [2.45, 2.75) is 26.7 Å². The second-order valence-electron chi connectivity index (χ2n) is 6.20. The normalized spacial score (nSPS) is 15.9. The molecule has 0 atom stereocenters. The number of carbonyl (C=O) groups excluding carboxylic acids is 1. The number of nitrogens with one attached hydrogen (secondary N) is 1. The summed E-state index contributed by atoms with van der Waals surface area (Å²) in [7, 11) is 0. The summed E-state index contributed by atoms with van der Waals surface area (Å²) in [5, 5.41) is 3.13. The van der Waals surface area contributed by atoms with Crippen molar-refractivity contribution >= 4 is 11.7 Å². The molecule has 0 unspecified atom stereocenters. The van der Waals surface area contributed by atoms with Gasteiger partial charge in [-0.15, -0.1) is 6.58 Å². The fourth-order valence-corrected chi connectivity index (χ4v) is 2.84. The molecule has 0 bridgehead atoms. The van der Waals surface area contributed by atoms with Crippen LogP contribution in [0, 0.1) is 6.92 Å². The molecule has 1 heterocycles. The van der Waals surface area contributed by atoms with Crippen molar-refractivity contribution in [2.24, 2.45) is 0 Å². The quantitative estimate of drug-likeness (QED) is 0.865. The van der Waals surface area contributed by atoms with E-state index in [0.717, 1.165) is 44.0 Å². The molecule has 22 heavy (non-hydrogen) atoms. The van der Waals surface area contributed by atoms with Crippen molar-refractivity contribution in [3.63, 3.8) is 0 Å². The molecule has 2 amide bonds. The Hall–Kier alpha value is -1.81. The maximum absolute atomic E-state index is 12.5. The lowest BCUT2D eigenvalue weighted by molar-refractivity contribution is 0.155. The summed E-state index contributed by atoms with van der Waals surface area (Å²) in [6.45, 7) is 14.4. The Kier molecular flexibility index (Phi) is 5.61. The van der Waals surface area contributed by atoms with Gasteiger partial charge < -0.3 is 10.2 Å². The molecule has 2 rings (SSSR count). The highest BCUT2D eigenvalue weighted by Gasteiger charge is 2.21. The molecule has 1 fully saturated rings. The van der Waals surface area contributed by atoms with Gasteiger partial charge in [-0.3, -0.25) is 4.90 Å². The number of urea groups is 1. The molecule has 1 N–H and O–H groups in total. The van der Waals surface area contributed by atoms with Crippen LogP contribution in [0.15, 0.2) is 30.9 Å². The third-order valence-electron chi connectivity index (χ3n) is 4.21. The van der Waals surface area contributed by atoms with Crippen molar-refractivity contribution in [1.29, 1.82) is 0 Å². The number of rotatable bonds is 4. The van der Waals surface area contributed by atoms with E-state index in [1.165, 1.54) is 5.56 Å². The SMILES string of the molecule is C=CCN1CCN(C(=O)Nc2c(C)cccc2C(C)C)CC1. The standard InChI is InChI=1S/C18H27N3O/c1-5-9-20-10-12-21(13-11-20)18(22)19-17-15(4)7-6-8-16(17)14(2)3/h5-8,14H,1,9-13H2,2-4H3,(H,19,22). The number of benzene rings is 1. The Morgan fingerprint density at radius 2 is 2.00 bits per heavy atom. The number of carbonyl (C=O) groups is 1. The summed E-state index contributed by atoms with van der Waals surface area (Å²) in [6, 6.07) is 6.20. The highest BCUT2D eigenvalue weighted by Crippen LogP contribution is 2.27. The molecular weight excluding hydrogens is 274 g/mol. The van der Waals surface area contributed by atoms with Crippen LogP contribution >= 0.6 is 0 Å². The third-order valence-corrected chi connectivity index (χ3v) is 4.21. The van der Waals surface area contributed by atoms with Crippen molar-refractivity contribution in [3.8, 4) is 0 Å². The Balaban J connectivity index is 2.03. The van der Waals surface area contributed by atoms with Gasteiger partial charge in [0.2, 0.25) is 0 Å². The molecule has 1 aromatic rings. The number of aryl methyl sites for hydroxylation is 1. The van der Waals surface area contributed by atoms with Crippen molar-refractivity contribution in [1.82, 2.24) is 9.80 Å². The van der Waals surface area contributed by atoms with Crippen LogP contribution in [0.5, 0.6) is 0 Å². The van der Waals surface area contributed by atoms with E-state index in [9.17, 15) is 4.79 Å². The van der Waals surface area contributed by atoms with E-state index in [4.69, 9.17) is 0 Å². The Morgan fingerprint density at radius 3 is 2.59 bits per heavy atom. The maximum Gasteiger partial charge on any atom is 0.321 e. The van der Waals surface area contributed by atoms with E-state index >= 15 is 0 Å². The van der Waals surface area contributed by atoms with Gasteiger partial charge in [-0.05, 0) is 24.0 Å². The van der Waals surface area contributed by atoms with Gasteiger partial charge in [0.15, 0.2) is 0 Å². The average Bonchev–Trinajstić information content (AvgIpc) is 2.50. The number of amides is 2. The van der Waals surface area contributed by atoms with Crippen LogP contribution < -0.4 is 5.32 Å². The minimum Gasteiger partial charge on any atom is -0.322 e. The zero-order chi connectivity index (χ0) is 16.1. The first-order valence-corrected chi connectivity index (χ1v) is 8.01. The van der Waals surface area contributed by atoms with Gasteiger partial charge in [0.05, 0.1) is 0 Å². The van der Waals surface area contributed by atoms with Crippen LogP contribution in [0.25, 0.3) is 0 Å². The van der Waals surface area contributed by atoms with E-state index in [2.05, 4.69) is 36.7 Å². The number of para-hydroxylation sites is 1. The first-order valence-electron chi connectivity index (χ1n) is 8.01. The van der Waals surface area contributed by atoms with E-state index in [1.807, 2.05) is 30.0 Å². The number of piperazine rings is 1. The third kappa shape index (κ3) is 3.89. The molecule has 0 aliphatic carbocycles. The molecule has 1 aliphatic rings. The summed E-state index contributed by atoms with van der Waals surface area (Å²) in [6.07, 6.45) is 1.91. The number of nitrogens with zero attached hydrogens (tertiary/aromatic N) is 2. The van der Waals surface area contributed by atoms with Gasteiger partial charge in [-0.2, -0.15) is 0 Å². The second kappa shape index (κ2) is 7.45. The van der Waals surface area contributed by atoms with E-state index < -0.39 is 0 Å². The van der Waals surface area contributed by atoms with Gasteiger partial charge in [-0.25, -0.2) is 4.79 Å². The largest absolute Gasteiger partial charge is 0.322 e. The summed E-state index contributed by atoms with van der Waals surface area (Å²) < 4.78 is 0. The molecule has 0 spiro atoms. The number of hydrogen-bond donors (Lipinski definition) is 1. The summed E-state index contributed by atoms with van der Waals surface area (Å²) >= 11 is 0. The van der Waals surface area contributed by atoms with Crippen LogP contribution in [-0.4, -0.2) is 48.6 Å². The molecule has 0 aromatic heterocycles. The molecular formula is C18H27N3O. The van der Waals surface area contributed by atoms with Gasteiger partial charge in [0, 0.05) is 38.4 Å². The zero-order valence-electron chi connectivity index (χ0n) is 13.9. The molecule has 4 heteroatoms. The minimum absolute atomic E-state index is 0.00875. The summed E-state index contributed by atoms with van der Waals surface area (Å²) in [5.41, 5.74) is 3.28. The fraction of sp³-hybridized carbons (Fsp3) is 0.500. The molecule has 1 saturated heterocycles.